The Morgan fingerprint density at radius 1 is 0.398 bits per heavy atom. The summed E-state index contributed by atoms with van der Waals surface area (Å²) in [6, 6.07) is 87.9. The van der Waals surface area contributed by atoms with Gasteiger partial charge in [-0.3, -0.25) is 4.57 Å². The third-order valence-corrected chi connectivity index (χ3v) is 18.6. The predicted molar refractivity (Wildman–Crippen MR) is 370 cm³/mol. The second-order valence-electron chi connectivity index (χ2n) is 28.5. The molecule has 3 heterocycles. The van der Waals surface area contributed by atoms with E-state index in [-0.39, 0.29) is 21.7 Å². The van der Waals surface area contributed by atoms with Crippen LogP contribution in [0, 0.1) is 0 Å². The Morgan fingerprint density at radius 3 is 1.51 bits per heavy atom. The number of nitrogens with zero attached hydrogens (tertiary/aromatic N) is 4. The zero-order chi connectivity index (χ0) is 61.1. The SMILES string of the molecule is CC(C)(C)c1cc(C(C)(C)C)cc(C2(c3ccnc(-n4c5ccccc5c5ccc(Oc6cc(N7CN(c8c(-c9ccccc9)cc(C(C)(C)C)cc8-c8ccccc8)c8ccccc87)ccc6C(C)(C)C)cc54)c3)c3ccccc3-c3ccccc32)c1. The van der Waals surface area contributed by atoms with Crippen LogP contribution in [-0.4, -0.2) is 16.2 Å². The summed E-state index contributed by atoms with van der Waals surface area (Å²) in [7, 11) is 0. The fourth-order valence-corrected chi connectivity index (χ4v) is 13.9. The average molecular weight is 1150 g/mol. The minimum atomic E-state index is -0.647. The Morgan fingerprint density at radius 2 is 0.920 bits per heavy atom. The van der Waals surface area contributed by atoms with Crippen LogP contribution in [-0.2, 0) is 27.1 Å². The van der Waals surface area contributed by atoms with Crippen molar-refractivity contribution in [3.8, 4) is 50.7 Å². The van der Waals surface area contributed by atoms with Crippen LogP contribution in [0.3, 0.4) is 0 Å². The number of hydrogen-bond acceptors (Lipinski definition) is 4. The number of ether oxygens (including phenoxy) is 1. The smallest absolute Gasteiger partial charge is 0.137 e. The van der Waals surface area contributed by atoms with Gasteiger partial charge in [0.25, 0.3) is 0 Å². The lowest BCUT2D eigenvalue weighted by Crippen LogP contribution is -2.30. The lowest BCUT2D eigenvalue weighted by molar-refractivity contribution is 0.456. The van der Waals surface area contributed by atoms with Crippen molar-refractivity contribution in [2.45, 2.75) is 110 Å². The quantitative estimate of drug-likeness (QED) is 0.144. The molecule has 5 heteroatoms. The molecule has 88 heavy (non-hydrogen) atoms. The van der Waals surface area contributed by atoms with Gasteiger partial charge in [0, 0.05) is 51.5 Å². The summed E-state index contributed by atoms with van der Waals surface area (Å²) in [5.74, 6) is 2.42. The van der Waals surface area contributed by atoms with Crippen LogP contribution in [0.1, 0.15) is 128 Å². The van der Waals surface area contributed by atoms with E-state index in [2.05, 4.69) is 334 Å². The molecule has 0 fully saturated rings. The summed E-state index contributed by atoms with van der Waals surface area (Å²) in [6.45, 7) is 28.4. The number of rotatable bonds is 9. The highest BCUT2D eigenvalue weighted by Gasteiger charge is 2.47. The predicted octanol–water partition coefficient (Wildman–Crippen LogP) is 22.1. The van der Waals surface area contributed by atoms with Gasteiger partial charge in [0.15, 0.2) is 0 Å². The molecule has 2 aromatic heterocycles. The fourth-order valence-electron chi connectivity index (χ4n) is 13.9. The Bertz CT molecular complexity index is 4540. The summed E-state index contributed by atoms with van der Waals surface area (Å²) >= 11 is 0. The van der Waals surface area contributed by atoms with Crippen LogP contribution < -0.4 is 14.5 Å². The molecule has 14 rings (SSSR count). The van der Waals surface area contributed by atoms with Gasteiger partial charge in [-0.2, -0.15) is 0 Å². The molecule has 5 nitrogen and oxygen atoms in total. The second kappa shape index (κ2) is 20.9. The third kappa shape index (κ3) is 9.49. The first-order valence-electron chi connectivity index (χ1n) is 31.3. The van der Waals surface area contributed by atoms with Crippen LogP contribution in [0.4, 0.5) is 22.7 Å². The minimum Gasteiger partial charge on any atom is -0.457 e. The molecule has 1 aliphatic heterocycles. The number of anilines is 4. The molecule has 2 aliphatic rings. The maximum absolute atomic E-state index is 7.39. The van der Waals surface area contributed by atoms with E-state index < -0.39 is 5.41 Å². The second-order valence-corrected chi connectivity index (χ2v) is 28.5. The molecule has 0 unspecified atom stereocenters. The summed E-state index contributed by atoms with van der Waals surface area (Å²) in [4.78, 5) is 10.3. The van der Waals surface area contributed by atoms with Crippen LogP contribution >= 0.6 is 0 Å². The van der Waals surface area contributed by atoms with Crippen LogP contribution in [0.2, 0.25) is 0 Å². The molecular formula is C83H78N4O. The van der Waals surface area contributed by atoms with Crippen molar-refractivity contribution in [1.29, 1.82) is 0 Å². The minimum absolute atomic E-state index is 0.0785. The van der Waals surface area contributed by atoms with Gasteiger partial charge in [0.2, 0.25) is 0 Å². The maximum atomic E-state index is 7.39. The van der Waals surface area contributed by atoms with Crippen molar-refractivity contribution in [1.82, 2.24) is 9.55 Å². The Labute approximate surface area is 520 Å². The van der Waals surface area contributed by atoms with E-state index in [0.717, 1.165) is 61.7 Å². The standard InChI is InChI=1S/C83H78N4O/c1-79(2,3)57-45-58(80(4,5)6)47-60(46-57)83(69-34-22-19-31-63(69)64-32-20-23-35-70(64)83)56-43-44-84-77(50-56)87-72-36-24-21-33-65(72)66-41-40-62(52-75(66)87)88-76-51-61(39-42-71(76)82(10,11)12)85-53-86(74-38-26-25-37-73(74)85)78-67(54-27-15-13-16-28-54)48-59(81(7,8)9)49-68(78)55-29-17-14-18-30-55/h13-52H,53H2,1-12H3. The summed E-state index contributed by atoms with van der Waals surface area (Å²) < 4.78 is 9.74. The highest BCUT2D eigenvalue weighted by molar-refractivity contribution is 6.09. The molecule has 0 N–H and O–H groups in total. The van der Waals surface area contributed by atoms with E-state index in [4.69, 9.17) is 9.72 Å². The molecule has 436 valence electrons. The summed E-state index contributed by atoms with van der Waals surface area (Å²) in [5, 5.41) is 2.29. The number of para-hydroxylation sites is 3. The van der Waals surface area contributed by atoms with Gasteiger partial charge in [-0.15, -0.1) is 0 Å². The molecule has 0 bridgehead atoms. The van der Waals surface area contributed by atoms with Gasteiger partial charge in [-0.05, 0) is 144 Å². The molecule has 0 spiro atoms. The van der Waals surface area contributed by atoms with E-state index in [9.17, 15) is 0 Å². The highest BCUT2D eigenvalue weighted by atomic mass is 16.5. The number of pyridine rings is 1. The van der Waals surface area contributed by atoms with E-state index in [1.807, 2.05) is 6.20 Å². The monoisotopic (exact) mass is 1150 g/mol. The van der Waals surface area contributed by atoms with Crippen LogP contribution in [0.5, 0.6) is 11.5 Å². The Kier molecular flexibility index (Phi) is 13.4. The van der Waals surface area contributed by atoms with Crippen molar-refractivity contribution in [3.05, 3.63) is 287 Å². The molecule has 1 aliphatic carbocycles. The first kappa shape index (κ1) is 56.4. The molecule has 12 aromatic rings. The van der Waals surface area contributed by atoms with Crippen molar-refractivity contribution in [2.24, 2.45) is 0 Å². The number of aromatic nitrogens is 2. The lowest BCUT2D eigenvalue weighted by atomic mass is 9.65. The molecule has 10 aromatic carbocycles. The summed E-state index contributed by atoms with van der Waals surface area (Å²) in [6.07, 6.45) is 2.03. The third-order valence-electron chi connectivity index (χ3n) is 18.6. The van der Waals surface area contributed by atoms with E-state index >= 15 is 0 Å². The first-order valence-corrected chi connectivity index (χ1v) is 31.3. The average Bonchev–Trinajstić information content (AvgIpc) is 1.55. The van der Waals surface area contributed by atoms with Crippen molar-refractivity contribution in [2.75, 3.05) is 16.5 Å². The maximum Gasteiger partial charge on any atom is 0.137 e. The van der Waals surface area contributed by atoms with Gasteiger partial charge in [0.05, 0.1) is 33.5 Å². The molecule has 0 saturated carbocycles. The Balaban J connectivity index is 0.908. The molecule has 0 saturated heterocycles. The zero-order valence-corrected chi connectivity index (χ0v) is 53.0. The van der Waals surface area contributed by atoms with Crippen molar-refractivity contribution >= 4 is 44.6 Å². The van der Waals surface area contributed by atoms with Crippen molar-refractivity contribution in [3.63, 3.8) is 0 Å². The Hall–Kier alpha value is -9.45. The van der Waals surface area contributed by atoms with E-state index in [1.54, 1.807) is 0 Å². The van der Waals surface area contributed by atoms with E-state index in [1.165, 1.54) is 78.0 Å². The normalized spacial score (nSPS) is 13.9. The number of benzene rings is 10. The van der Waals surface area contributed by atoms with Gasteiger partial charge in [-0.1, -0.05) is 247 Å². The van der Waals surface area contributed by atoms with Crippen LogP contribution in [0.25, 0.3) is 61.0 Å². The largest absolute Gasteiger partial charge is 0.457 e. The molecule has 0 amide bonds. The highest BCUT2D eigenvalue weighted by Crippen LogP contribution is 2.58. The van der Waals surface area contributed by atoms with Gasteiger partial charge in [0.1, 0.15) is 24.0 Å². The van der Waals surface area contributed by atoms with Crippen molar-refractivity contribution < 1.29 is 4.74 Å². The fraction of sp³-hybridized carbons (Fsp3) is 0.217. The lowest BCUT2D eigenvalue weighted by Gasteiger charge is -2.36. The summed E-state index contributed by atoms with van der Waals surface area (Å²) in [5.41, 5.74) is 22.9. The molecule has 0 atom stereocenters. The van der Waals surface area contributed by atoms with Gasteiger partial charge in [-0.25, -0.2) is 4.98 Å². The van der Waals surface area contributed by atoms with Crippen LogP contribution in [0.15, 0.2) is 243 Å². The topological polar surface area (TPSA) is 33.5 Å². The van der Waals surface area contributed by atoms with E-state index in [0.29, 0.717) is 6.67 Å². The number of fused-ring (bicyclic) bond motifs is 7. The zero-order valence-electron chi connectivity index (χ0n) is 53.0. The van der Waals surface area contributed by atoms with Gasteiger partial charge >= 0.3 is 0 Å². The molecule has 0 radical (unpaired) electrons. The van der Waals surface area contributed by atoms with Gasteiger partial charge < -0.3 is 14.5 Å². The first-order chi connectivity index (χ1) is 42.2. The number of hydrogen-bond donors (Lipinski definition) is 0. The molecular weight excluding hydrogens is 1070 g/mol.